The maximum atomic E-state index is 12.4. The van der Waals surface area contributed by atoms with Gasteiger partial charge >= 0.3 is 6.18 Å². The lowest BCUT2D eigenvalue weighted by Crippen LogP contribution is -2.37. The van der Waals surface area contributed by atoms with Gasteiger partial charge in [0.2, 0.25) is 0 Å². The van der Waals surface area contributed by atoms with Gasteiger partial charge in [0.1, 0.15) is 0 Å². The molecule has 0 radical (unpaired) electrons. The molecule has 1 atom stereocenters. The summed E-state index contributed by atoms with van der Waals surface area (Å²) in [5.41, 5.74) is 0.224. The summed E-state index contributed by atoms with van der Waals surface area (Å²) in [6.07, 6.45) is -2.85. The first-order valence-corrected chi connectivity index (χ1v) is 6.02. The number of rotatable bonds is 2. The molecule has 1 aliphatic heterocycles. The second-order valence-electron chi connectivity index (χ2n) is 4.73. The number of aliphatic hydroxyl groups is 1. The van der Waals surface area contributed by atoms with Gasteiger partial charge in [-0.2, -0.15) is 13.2 Å². The van der Waals surface area contributed by atoms with Crippen molar-refractivity contribution in [2.45, 2.75) is 31.7 Å². The smallest absolute Gasteiger partial charge is 0.392 e. The summed E-state index contributed by atoms with van der Waals surface area (Å²) < 4.78 is 37.2. The van der Waals surface area contributed by atoms with Crippen molar-refractivity contribution in [2.75, 3.05) is 13.1 Å². The van der Waals surface area contributed by atoms with E-state index in [1.54, 1.807) is 0 Å². The summed E-state index contributed by atoms with van der Waals surface area (Å²) in [5.74, 6) is 0. The van der Waals surface area contributed by atoms with Gasteiger partial charge in [-0.15, -0.1) is 0 Å². The van der Waals surface area contributed by atoms with E-state index in [9.17, 15) is 18.3 Å². The summed E-state index contributed by atoms with van der Waals surface area (Å²) in [4.78, 5) is 2.07. The first kappa shape index (κ1) is 13.4. The second kappa shape index (κ2) is 5.28. The molecule has 18 heavy (non-hydrogen) atoms. The number of β-amino-alcohol motifs (C(OH)–C–C–N with tert-alkyl or cyclic N) is 1. The minimum atomic E-state index is -4.28. The van der Waals surface area contributed by atoms with Crippen LogP contribution in [0.1, 0.15) is 24.0 Å². The highest BCUT2D eigenvalue weighted by Crippen LogP contribution is 2.29. The van der Waals surface area contributed by atoms with Crippen LogP contribution in [0.2, 0.25) is 0 Å². The van der Waals surface area contributed by atoms with Gasteiger partial charge in [-0.3, -0.25) is 4.90 Å². The number of hydrogen-bond donors (Lipinski definition) is 1. The molecule has 5 heteroatoms. The number of alkyl halides is 3. The number of piperidine rings is 1. The molecule has 1 aliphatic rings. The highest BCUT2D eigenvalue weighted by atomic mass is 19.4. The van der Waals surface area contributed by atoms with Crippen LogP contribution in [0.3, 0.4) is 0 Å². The summed E-state index contributed by atoms with van der Waals surface area (Å²) >= 11 is 0. The van der Waals surface area contributed by atoms with Gasteiger partial charge in [-0.25, -0.2) is 0 Å². The van der Waals surface area contributed by atoms with E-state index in [1.807, 2.05) is 0 Å². The Balaban J connectivity index is 1.98. The summed E-state index contributed by atoms with van der Waals surface area (Å²) in [6.45, 7) is 2.08. The van der Waals surface area contributed by atoms with E-state index in [4.69, 9.17) is 0 Å². The Labute approximate surface area is 104 Å². The van der Waals surface area contributed by atoms with E-state index in [1.165, 1.54) is 12.1 Å². The lowest BCUT2D eigenvalue weighted by atomic mass is 10.1. The molecule has 1 aromatic carbocycles. The average Bonchev–Trinajstić information content (AvgIpc) is 2.28. The molecule has 1 heterocycles. The molecule has 1 aromatic rings. The maximum absolute atomic E-state index is 12.4. The van der Waals surface area contributed by atoms with Gasteiger partial charge in [-0.05, 0) is 37.1 Å². The topological polar surface area (TPSA) is 23.5 Å². The molecule has 2 nitrogen and oxygen atoms in total. The van der Waals surface area contributed by atoms with E-state index in [-0.39, 0.29) is 6.10 Å². The Morgan fingerprint density at radius 2 is 1.89 bits per heavy atom. The van der Waals surface area contributed by atoms with E-state index >= 15 is 0 Å². The lowest BCUT2D eigenvalue weighted by molar-refractivity contribution is -0.137. The standard InChI is InChI=1S/C13H16F3NO/c14-13(15,16)11-5-3-10(4-6-11)8-17-7-1-2-12(18)9-17/h3-6,12,18H,1-2,7-9H2/t12-/m1/s1. The van der Waals surface area contributed by atoms with Crippen molar-refractivity contribution in [2.24, 2.45) is 0 Å². The van der Waals surface area contributed by atoms with E-state index in [2.05, 4.69) is 4.90 Å². The van der Waals surface area contributed by atoms with Crippen LogP contribution >= 0.6 is 0 Å². The first-order valence-electron chi connectivity index (χ1n) is 6.02. The van der Waals surface area contributed by atoms with Crippen LogP contribution in [0.4, 0.5) is 13.2 Å². The highest BCUT2D eigenvalue weighted by molar-refractivity contribution is 5.24. The normalized spacial score (nSPS) is 22.1. The Kier molecular flexibility index (Phi) is 3.92. The molecule has 0 aliphatic carbocycles. The number of hydrogen-bond acceptors (Lipinski definition) is 2. The Morgan fingerprint density at radius 3 is 2.44 bits per heavy atom. The van der Waals surface area contributed by atoms with Crippen molar-refractivity contribution in [1.29, 1.82) is 0 Å². The zero-order valence-corrected chi connectivity index (χ0v) is 9.95. The number of halogens is 3. The molecule has 0 amide bonds. The number of nitrogens with zero attached hydrogens (tertiary/aromatic N) is 1. The minimum Gasteiger partial charge on any atom is -0.392 e. The molecular formula is C13H16F3NO. The van der Waals surface area contributed by atoms with Gasteiger partial charge in [0.25, 0.3) is 0 Å². The molecule has 1 N–H and O–H groups in total. The fraction of sp³-hybridized carbons (Fsp3) is 0.538. The van der Waals surface area contributed by atoms with Crippen molar-refractivity contribution in [3.63, 3.8) is 0 Å². The predicted octanol–water partition coefficient (Wildman–Crippen LogP) is 2.66. The maximum Gasteiger partial charge on any atom is 0.416 e. The van der Waals surface area contributed by atoms with Crippen LogP contribution in [0.15, 0.2) is 24.3 Å². The second-order valence-corrected chi connectivity index (χ2v) is 4.73. The molecule has 0 spiro atoms. The summed E-state index contributed by atoms with van der Waals surface area (Å²) in [6, 6.07) is 5.22. The van der Waals surface area contributed by atoms with Crippen LogP contribution in [-0.2, 0) is 12.7 Å². The molecule has 2 rings (SSSR count). The average molecular weight is 259 g/mol. The summed E-state index contributed by atoms with van der Waals surface area (Å²) in [5, 5.41) is 9.52. The third-order valence-corrected chi connectivity index (χ3v) is 3.17. The van der Waals surface area contributed by atoms with Crippen molar-refractivity contribution in [1.82, 2.24) is 4.90 Å². The zero-order chi connectivity index (χ0) is 13.2. The molecule has 0 unspecified atom stereocenters. The lowest BCUT2D eigenvalue weighted by Gasteiger charge is -2.30. The number of benzene rings is 1. The first-order chi connectivity index (χ1) is 8.45. The molecule has 1 saturated heterocycles. The van der Waals surface area contributed by atoms with E-state index in [0.717, 1.165) is 37.1 Å². The van der Waals surface area contributed by atoms with Gasteiger partial charge < -0.3 is 5.11 Å². The number of aliphatic hydroxyl groups excluding tert-OH is 1. The molecule has 1 fully saturated rings. The third-order valence-electron chi connectivity index (χ3n) is 3.17. The van der Waals surface area contributed by atoms with Gasteiger partial charge in [0, 0.05) is 13.1 Å². The van der Waals surface area contributed by atoms with Crippen molar-refractivity contribution < 1.29 is 18.3 Å². The van der Waals surface area contributed by atoms with Crippen LogP contribution in [0.5, 0.6) is 0 Å². The predicted molar refractivity (Wildman–Crippen MR) is 62.0 cm³/mol. The van der Waals surface area contributed by atoms with Gasteiger partial charge in [0.15, 0.2) is 0 Å². The van der Waals surface area contributed by atoms with Crippen LogP contribution in [0, 0.1) is 0 Å². The largest absolute Gasteiger partial charge is 0.416 e. The van der Waals surface area contributed by atoms with Crippen molar-refractivity contribution in [3.05, 3.63) is 35.4 Å². The molecule has 0 aromatic heterocycles. The SMILES string of the molecule is O[C@@H]1CCCN(Cc2ccc(C(F)(F)F)cc2)C1. The molecule has 0 bridgehead atoms. The Bertz CT molecular complexity index is 388. The highest BCUT2D eigenvalue weighted by Gasteiger charge is 2.30. The van der Waals surface area contributed by atoms with Crippen molar-refractivity contribution >= 4 is 0 Å². The molecule has 100 valence electrons. The van der Waals surface area contributed by atoms with Gasteiger partial charge in [-0.1, -0.05) is 12.1 Å². The molecule has 0 saturated carbocycles. The fourth-order valence-corrected chi connectivity index (χ4v) is 2.23. The van der Waals surface area contributed by atoms with Crippen LogP contribution in [0.25, 0.3) is 0 Å². The number of likely N-dealkylation sites (tertiary alicyclic amines) is 1. The Hall–Kier alpha value is -1.07. The fourth-order valence-electron chi connectivity index (χ4n) is 2.23. The monoisotopic (exact) mass is 259 g/mol. The zero-order valence-electron chi connectivity index (χ0n) is 9.95. The Morgan fingerprint density at radius 1 is 1.22 bits per heavy atom. The summed E-state index contributed by atoms with van der Waals surface area (Å²) in [7, 11) is 0. The minimum absolute atomic E-state index is 0.312. The van der Waals surface area contributed by atoms with E-state index < -0.39 is 11.7 Å². The molecular weight excluding hydrogens is 243 g/mol. The third kappa shape index (κ3) is 3.46. The van der Waals surface area contributed by atoms with Gasteiger partial charge in [0.05, 0.1) is 11.7 Å². The van der Waals surface area contributed by atoms with E-state index in [0.29, 0.717) is 13.1 Å². The van der Waals surface area contributed by atoms with Crippen LogP contribution < -0.4 is 0 Å². The quantitative estimate of drug-likeness (QED) is 0.882. The van der Waals surface area contributed by atoms with Crippen molar-refractivity contribution in [3.8, 4) is 0 Å². The van der Waals surface area contributed by atoms with Crippen LogP contribution in [-0.4, -0.2) is 29.2 Å².